The lowest BCUT2D eigenvalue weighted by Crippen LogP contribution is -2.28. The quantitative estimate of drug-likeness (QED) is 0.617. The third-order valence-electron chi connectivity index (χ3n) is 5.35. The van der Waals surface area contributed by atoms with Crippen molar-refractivity contribution in [2.75, 3.05) is 0 Å². The Kier molecular flexibility index (Phi) is 3.78. The highest BCUT2D eigenvalue weighted by atomic mass is 16.5. The summed E-state index contributed by atoms with van der Waals surface area (Å²) in [6.45, 7) is 13.0. The second-order valence-electron chi connectivity index (χ2n) is 7.86. The Morgan fingerprint density at radius 1 is 1.26 bits per heavy atom. The van der Waals surface area contributed by atoms with Crippen molar-refractivity contribution in [3.8, 4) is 5.75 Å². The monoisotopic (exact) mass is 308 g/mol. The second-order valence-corrected chi connectivity index (χ2v) is 7.86. The van der Waals surface area contributed by atoms with Gasteiger partial charge in [-0.1, -0.05) is 42.9 Å². The van der Waals surface area contributed by atoms with Crippen molar-refractivity contribution in [1.29, 1.82) is 0 Å². The van der Waals surface area contributed by atoms with E-state index in [9.17, 15) is 0 Å². The van der Waals surface area contributed by atoms with E-state index in [-0.39, 0.29) is 11.0 Å². The highest BCUT2D eigenvalue weighted by Crippen LogP contribution is 2.56. The number of fused-ring (bicyclic) bond motifs is 1. The molecule has 0 radical (unpaired) electrons. The van der Waals surface area contributed by atoms with Crippen LogP contribution in [0.1, 0.15) is 59.1 Å². The van der Waals surface area contributed by atoms with Gasteiger partial charge in [0.05, 0.1) is 0 Å². The molecule has 1 heteroatoms. The molecule has 0 N–H and O–H groups in total. The van der Waals surface area contributed by atoms with Gasteiger partial charge in [-0.2, -0.15) is 0 Å². The van der Waals surface area contributed by atoms with Gasteiger partial charge in [0.25, 0.3) is 0 Å². The molecule has 1 saturated carbocycles. The summed E-state index contributed by atoms with van der Waals surface area (Å²) in [6, 6.07) is 6.78. The molecule has 1 heterocycles. The molecule has 1 unspecified atom stereocenters. The number of benzene rings is 1. The first kappa shape index (κ1) is 16.1. The predicted octanol–water partition coefficient (Wildman–Crippen LogP) is 6.06. The fourth-order valence-electron chi connectivity index (χ4n) is 3.57. The normalized spacial score (nSPS) is 29.0. The number of rotatable bonds is 3. The smallest absolute Gasteiger partial charge is 0.128 e. The SMILES string of the molecule is C/C=C(C)/C=C/C1C[C@]1(C)c1ccc2c(c1)OC(C)(C)C=C2C. The van der Waals surface area contributed by atoms with Crippen LogP contribution < -0.4 is 4.74 Å². The van der Waals surface area contributed by atoms with E-state index in [1.807, 2.05) is 0 Å². The fraction of sp³-hybridized carbons (Fsp3) is 0.455. The van der Waals surface area contributed by atoms with Crippen LogP contribution in [0.4, 0.5) is 0 Å². The zero-order valence-electron chi connectivity index (χ0n) is 15.2. The zero-order chi connectivity index (χ0) is 16.8. The fourth-order valence-corrected chi connectivity index (χ4v) is 3.57. The molecule has 23 heavy (non-hydrogen) atoms. The Morgan fingerprint density at radius 3 is 2.70 bits per heavy atom. The van der Waals surface area contributed by atoms with Crippen molar-refractivity contribution in [1.82, 2.24) is 0 Å². The number of hydrogen-bond acceptors (Lipinski definition) is 1. The summed E-state index contributed by atoms with van der Waals surface area (Å²) in [5, 5.41) is 0. The Labute approximate surface area is 140 Å². The molecular weight excluding hydrogens is 280 g/mol. The van der Waals surface area contributed by atoms with Crippen LogP contribution in [-0.4, -0.2) is 5.60 Å². The van der Waals surface area contributed by atoms with Gasteiger partial charge in [0.15, 0.2) is 0 Å². The van der Waals surface area contributed by atoms with Crippen molar-refractivity contribution >= 4 is 5.57 Å². The van der Waals surface area contributed by atoms with Crippen LogP contribution in [-0.2, 0) is 5.41 Å². The molecule has 0 amide bonds. The van der Waals surface area contributed by atoms with Gasteiger partial charge in [0.1, 0.15) is 11.4 Å². The molecule has 122 valence electrons. The summed E-state index contributed by atoms with van der Waals surface area (Å²) < 4.78 is 6.20. The van der Waals surface area contributed by atoms with Gasteiger partial charge in [-0.3, -0.25) is 0 Å². The third-order valence-corrected chi connectivity index (χ3v) is 5.35. The predicted molar refractivity (Wildman–Crippen MR) is 98.8 cm³/mol. The molecule has 3 rings (SSSR count). The molecule has 1 aromatic carbocycles. The molecule has 0 aromatic heterocycles. The maximum absolute atomic E-state index is 6.20. The van der Waals surface area contributed by atoms with Gasteiger partial charge in [-0.25, -0.2) is 0 Å². The van der Waals surface area contributed by atoms with E-state index in [1.54, 1.807) is 0 Å². The van der Waals surface area contributed by atoms with Gasteiger partial charge in [-0.15, -0.1) is 0 Å². The average Bonchev–Trinajstić information content (AvgIpc) is 3.15. The van der Waals surface area contributed by atoms with Crippen LogP contribution in [0.25, 0.3) is 5.57 Å². The minimum absolute atomic E-state index is 0.220. The molecule has 1 aliphatic heterocycles. The van der Waals surface area contributed by atoms with Gasteiger partial charge in [0, 0.05) is 5.56 Å². The lowest BCUT2D eigenvalue weighted by atomic mass is 9.90. The van der Waals surface area contributed by atoms with E-state index in [0.717, 1.165) is 5.75 Å². The molecule has 0 spiro atoms. The molecule has 0 saturated heterocycles. The Balaban J connectivity index is 1.87. The largest absolute Gasteiger partial charge is 0.483 e. The van der Waals surface area contributed by atoms with Crippen LogP contribution in [0.15, 0.2) is 48.1 Å². The van der Waals surface area contributed by atoms with Crippen LogP contribution >= 0.6 is 0 Å². The lowest BCUT2D eigenvalue weighted by Gasteiger charge is -2.31. The molecule has 2 atom stereocenters. The Morgan fingerprint density at radius 2 is 2.00 bits per heavy atom. The summed E-state index contributed by atoms with van der Waals surface area (Å²) >= 11 is 0. The molecule has 1 aliphatic carbocycles. The number of hydrogen-bond donors (Lipinski definition) is 0. The zero-order valence-corrected chi connectivity index (χ0v) is 15.2. The lowest BCUT2D eigenvalue weighted by molar-refractivity contribution is 0.158. The van der Waals surface area contributed by atoms with E-state index in [4.69, 9.17) is 4.74 Å². The van der Waals surface area contributed by atoms with Gasteiger partial charge >= 0.3 is 0 Å². The van der Waals surface area contributed by atoms with E-state index in [2.05, 4.69) is 84.0 Å². The second kappa shape index (κ2) is 5.40. The number of ether oxygens (including phenoxy) is 1. The van der Waals surface area contributed by atoms with Crippen LogP contribution in [0.3, 0.4) is 0 Å². The number of allylic oxidation sites excluding steroid dienone is 5. The minimum Gasteiger partial charge on any atom is -0.483 e. The standard InChI is InChI=1S/C22H28O/c1-7-15(2)8-9-18-14-22(18,6)17-10-11-19-16(3)13-21(4,5)23-20(19)12-17/h7-13,18H,14H2,1-6H3/b9-8+,15-7+/t18?,22-/m1/s1. The summed E-state index contributed by atoms with van der Waals surface area (Å²) in [5.74, 6) is 1.66. The van der Waals surface area contributed by atoms with Crippen molar-refractivity contribution in [2.45, 2.75) is 59.0 Å². The maximum atomic E-state index is 6.20. The highest BCUT2D eigenvalue weighted by molar-refractivity contribution is 5.72. The van der Waals surface area contributed by atoms with E-state index in [0.29, 0.717) is 5.92 Å². The van der Waals surface area contributed by atoms with Crippen molar-refractivity contribution in [2.24, 2.45) is 5.92 Å². The van der Waals surface area contributed by atoms with E-state index >= 15 is 0 Å². The summed E-state index contributed by atoms with van der Waals surface area (Å²) in [4.78, 5) is 0. The van der Waals surface area contributed by atoms with Crippen molar-refractivity contribution < 1.29 is 4.74 Å². The molecular formula is C22H28O. The first-order valence-corrected chi connectivity index (χ1v) is 8.60. The Hall–Kier alpha value is -1.76. The van der Waals surface area contributed by atoms with E-state index < -0.39 is 0 Å². The summed E-state index contributed by atoms with van der Waals surface area (Å²) in [7, 11) is 0. The maximum Gasteiger partial charge on any atom is 0.128 e. The molecule has 1 nitrogen and oxygen atoms in total. The third kappa shape index (κ3) is 3.02. The van der Waals surface area contributed by atoms with Crippen molar-refractivity contribution in [3.05, 3.63) is 59.2 Å². The first-order valence-electron chi connectivity index (χ1n) is 8.60. The average molecular weight is 308 g/mol. The summed E-state index contributed by atoms with van der Waals surface area (Å²) in [5.41, 5.74) is 5.30. The molecule has 0 bridgehead atoms. The minimum atomic E-state index is -0.220. The molecule has 2 aliphatic rings. The van der Waals surface area contributed by atoms with Crippen LogP contribution in [0.2, 0.25) is 0 Å². The van der Waals surface area contributed by atoms with Crippen LogP contribution in [0, 0.1) is 5.92 Å². The van der Waals surface area contributed by atoms with Gasteiger partial charge in [0.2, 0.25) is 0 Å². The van der Waals surface area contributed by atoms with Crippen LogP contribution in [0.5, 0.6) is 5.75 Å². The Bertz CT molecular complexity index is 717. The summed E-state index contributed by atoms with van der Waals surface area (Å²) in [6.07, 6.45) is 10.2. The van der Waals surface area contributed by atoms with Gasteiger partial charge in [-0.05, 0) is 75.7 Å². The van der Waals surface area contributed by atoms with E-state index in [1.165, 1.54) is 28.7 Å². The first-order chi connectivity index (χ1) is 10.7. The van der Waals surface area contributed by atoms with Gasteiger partial charge < -0.3 is 4.74 Å². The van der Waals surface area contributed by atoms with Crippen molar-refractivity contribution in [3.63, 3.8) is 0 Å². The topological polar surface area (TPSA) is 9.23 Å². The molecule has 1 fully saturated rings. The highest BCUT2D eigenvalue weighted by Gasteiger charge is 2.49. The molecule has 1 aromatic rings.